The molecule has 1 aliphatic heterocycles. The summed E-state index contributed by atoms with van der Waals surface area (Å²) in [5.74, 6) is 0. The van der Waals surface area contributed by atoms with Crippen LogP contribution in [0.1, 0.15) is 29.8 Å². The fourth-order valence-electron chi connectivity index (χ4n) is 2.69. The van der Waals surface area contributed by atoms with E-state index in [4.69, 9.17) is 5.73 Å². The maximum atomic E-state index is 5.94. The number of aryl methyl sites for hydroxylation is 1. The second kappa shape index (κ2) is 4.99. The highest BCUT2D eigenvalue weighted by molar-refractivity contribution is 7.15. The zero-order valence-corrected chi connectivity index (χ0v) is 12.3. The van der Waals surface area contributed by atoms with Crippen molar-refractivity contribution >= 4 is 17.0 Å². The Hall–Kier alpha value is -1.32. The average molecular weight is 272 g/mol. The van der Waals surface area contributed by atoms with Gasteiger partial charge in [0.15, 0.2) is 0 Å². The minimum absolute atomic E-state index is 0.127. The van der Waals surface area contributed by atoms with E-state index in [1.54, 1.807) is 11.3 Å². The van der Waals surface area contributed by atoms with Crippen LogP contribution in [0, 0.1) is 0 Å². The lowest BCUT2D eigenvalue weighted by atomic mass is 9.99. The molecule has 100 valence electrons. The van der Waals surface area contributed by atoms with E-state index in [1.807, 2.05) is 6.92 Å². The summed E-state index contributed by atoms with van der Waals surface area (Å²) >= 11 is 1.81. The summed E-state index contributed by atoms with van der Waals surface area (Å²) < 4.78 is 0. The molecule has 1 aromatic carbocycles. The lowest BCUT2D eigenvalue weighted by Crippen LogP contribution is -2.24. The summed E-state index contributed by atoms with van der Waals surface area (Å²) in [5, 5.41) is 0. The molecule has 0 fully saturated rings. The summed E-state index contributed by atoms with van der Waals surface area (Å²) in [6.45, 7) is 3.21. The maximum Gasteiger partial charge on any atom is 0.0396 e. The molecule has 0 aliphatic carbocycles. The van der Waals surface area contributed by atoms with Crippen LogP contribution in [0.4, 0.5) is 5.69 Å². The van der Waals surface area contributed by atoms with Gasteiger partial charge in [0.25, 0.3) is 0 Å². The van der Waals surface area contributed by atoms with E-state index in [0.29, 0.717) is 0 Å². The number of rotatable bonds is 2. The molecule has 1 aromatic heterocycles. The summed E-state index contributed by atoms with van der Waals surface area (Å²) in [6.07, 6.45) is 2.45. The quantitative estimate of drug-likeness (QED) is 0.900. The zero-order chi connectivity index (χ0) is 13.4. The molecule has 2 aromatic rings. The van der Waals surface area contributed by atoms with Crippen LogP contribution in [-0.2, 0) is 6.42 Å². The number of thiophene rings is 1. The monoisotopic (exact) mass is 272 g/mol. The maximum absolute atomic E-state index is 5.94. The van der Waals surface area contributed by atoms with Crippen molar-refractivity contribution in [1.82, 2.24) is 0 Å². The Balaban J connectivity index is 1.97. The Morgan fingerprint density at radius 1 is 1.26 bits per heavy atom. The molecule has 2 nitrogen and oxygen atoms in total. The molecule has 2 heterocycles. The van der Waals surface area contributed by atoms with Crippen molar-refractivity contribution in [3.63, 3.8) is 0 Å². The summed E-state index contributed by atoms with van der Waals surface area (Å²) in [5.41, 5.74) is 10.1. The summed E-state index contributed by atoms with van der Waals surface area (Å²) in [6, 6.07) is 11.3. The van der Waals surface area contributed by atoms with Crippen molar-refractivity contribution in [3.05, 3.63) is 40.8 Å². The number of anilines is 1. The molecule has 19 heavy (non-hydrogen) atoms. The minimum Gasteiger partial charge on any atom is -0.374 e. The van der Waals surface area contributed by atoms with Gasteiger partial charge < -0.3 is 10.6 Å². The number of benzene rings is 1. The highest BCUT2D eigenvalue weighted by atomic mass is 32.1. The van der Waals surface area contributed by atoms with Crippen LogP contribution in [0.15, 0.2) is 30.3 Å². The van der Waals surface area contributed by atoms with E-state index in [2.05, 4.69) is 42.3 Å². The first-order valence-electron chi connectivity index (χ1n) is 6.85. The van der Waals surface area contributed by atoms with Crippen LogP contribution in [-0.4, -0.2) is 13.6 Å². The highest BCUT2D eigenvalue weighted by Gasteiger charge is 2.15. The second-order valence-corrected chi connectivity index (χ2v) is 6.47. The Morgan fingerprint density at radius 2 is 2.11 bits per heavy atom. The molecule has 1 atom stereocenters. The Bertz CT molecular complexity index is 586. The van der Waals surface area contributed by atoms with Gasteiger partial charge in [-0.15, -0.1) is 11.3 Å². The van der Waals surface area contributed by atoms with Crippen molar-refractivity contribution < 1.29 is 0 Å². The normalized spacial score (nSPS) is 16.3. The highest BCUT2D eigenvalue weighted by Crippen LogP contribution is 2.35. The van der Waals surface area contributed by atoms with E-state index in [-0.39, 0.29) is 6.04 Å². The minimum atomic E-state index is 0.127. The first kappa shape index (κ1) is 12.7. The van der Waals surface area contributed by atoms with Crippen LogP contribution in [0.5, 0.6) is 0 Å². The fraction of sp³-hybridized carbons (Fsp3) is 0.375. The third-order valence-electron chi connectivity index (χ3n) is 3.79. The predicted octanol–water partition coefficient (Wildman–Crippen LogP) is 3.82. The van der Waals surface area contributed by atoms with Crippen molar-refractivity contribution in [2.75, 3.05) is 18.5 Å². The summed E-state index contributed by atoms with van der Waals surface area (Å²) in [4.78, 5) is 4.93. The van der Waals surface area contributed by atoms with Gasteiger partial charge in [-0.25, -0.2) is 0 Å². The van der Waals surface area contributed by atoms with Crippen LogP contribution in [0.25, 0.3) is 10.4 Å². The smallest absolute Gasteiger partial charge is 0.0396 e. The van der Waals surface area contributed by atoms with Crippen LogP contribution >= 0.6 is 11.3 Å². The van der Waals surface area contributed by atoms with E-state index < -0.39 is 0 Å². The Labute approximate surface area is 118 Å². The summed E-state index contributed by atoms with van der Waals surface area (Å²) in [7, 11) is 2.18. The van der Waals surface area contributed by atoms with Crippen molar-refractivity contribution in [2.24, 2.45) is 5.73 Å². The molecule has 0 amide bonds. The van der Waals surface area contributed by atoms with Crippen molar-refractivity contribution in [1.29, 1.82) is 0 Å². The van der Waals surface area contributed by atoms with Gasteiger partial charge in [-0.3, -0.25) is 0 Å². The van der Waals surface area contributed by atoms with Gasteiger partial charge in [-0.05, 0) is 55.2 Å². The average Bonchev–Trinajstić information content (AvgIpc) is 2.88. The SMILES string of the molecule is CC(N)c1ccc(-c2ccc3c(c2)CCCN3C)s1. The number of nitrogens with two attached hydrogens (primary N) is 1. The Morgan fingerprint density at radius 3 is 2.84 bits per heavy atom. The number of nitrogens with zero attached hydrogens (tertiary/aromatic N) is 1. The molecular weight excluding hydrogens is 252 g/mol. The third-order valence-corrected chi connectivity index (χ3v) is 5.13. The molecule has 3 rings (SSSR count). The van der Waals surface area contributed by atoms with Crippen molar-refractivity contribution in [3.8, 4) is 10.4 Å². The first-order valence-corrected chi connectivity index (χ1v) is 7.66. The third kappa shape index (κ3) is 2.40. The molecule has 3 heteroatoms. The van der Waals surface area contributed by atoms with Gasteiger partial charge in [0, 0.05) is 35.1 Å². The van der Waals surface area contributed by atoms with E-state index >= 15 is 0 Å². The molecule has 2 N–H and O–H groups in total. The lowest BCUT2D eigenvalue weighted by molar-refractivity contribution is 0.745. The van der Waals surface area contributed by atoms with Gasteiger partial charge in [-0.1, -0.05) is 6.07 Å². The van der Waals surface area contributed by atoms with Crippen molar-refractivity contribution in [2.45, 2.75) is 25.8 Å². The van der Waals surface area contributed by atoms with Crippen LogP contribution < -0.4 is 10.6 Å². The number of fused-ring (bicyclic) bond motifs is 1. The van der Waals surface area contributed by atoms with E-state index in [9.17, 15) is 0 Å². The molecule has 0 saturated heterocycles. The largest absolute Gasteiger partial charge is 0.374 e. The van der Waals surface area contributed by atoms with Crippen LogP contribution in [0.2, 0.25) is 0 Å². The van der Waals surface area contributed by atoms with Gasteiger partial charge in [0.2, 0.25) is 0 Å². The van der Waals surface area contributed by atoms with E-state index in [1.165, 1.54) is 46.0 Å². The second-order valence-electron chi connectivity index (χ2n) is 5.36. The predicted molar refractivity (Wildman–Crippen MR) is 83.9 cm³/mol. The molecule has 1 unspecified atom stereocenters. The van der Waals surface area contributed by atoms with Gasteiger partial charge in [0.1, 0.15) is 0 Å². The Kier molecular flexibility index (Phi) is 3.33. The molecule has 0 radical (unpaired) electrons. The number of hydrogen-bond donors (Lipinski definition) is 1. The van der Waals surface area contributed by atoms with Gasteiger partial charge in [-0.2, -0.15) is 0 Å². The zero-order valence-electron chi connectivity index (χ0n) is 11.5. The first-order chi connectivity index (χ1) is 9.15. The topological polar surface area (TPSA) is 29.3 Å². The molecule has 0 bridgehead atoms. The van der Waals surface area contributed by atoms with E-state index in [0.717, 1.165) is 0 Å². The molecule has 0 saturated carbocycles. The standard InChI is InChI=1S/C16H20N2S/c1-11(17)15-7-8-16(19-15)13-5-6-14-12(10-13)4-3-9-18(14)2/h5-8,10-11H,3-4,9,17H2,1-2H3. The lowest BCUT2D eigenvalue weighted by Gasteiger charge is -2.27. The molecular formula is C16H20N2S. The van der Waals surface area contributed by atoms with Gasteiger partial charge >= 0.3 is 0 Å². The van der Waals surface area contributed by atoms with Gasteiger partial charge in [0.05, 0.1) is 0 Å². The van der Waals surface area contributed by atoms with Crippen LogP contribution in [0.3, 0.4) is 0 Å². The fourth-order valence-corrected chi connectivity index (χ4v) is 3.65. The number of hydrogen-bond acceptors (Lipinski definition) is 3. The molecule has 1 aliphatic rings. The molecule has 0 spiro atoms.